The summed E-state index contributed by atoms with van der Waals surface area (Å²) in [4.78, 5) is 34.7. The van der Waals surface area contributed by atoms with Crippen LogP contribution in [0.15, 0.2) is 47.0 Å². The molecule has 0 saturated carbocycles. The van der Waals surface area contributed by atoms with Crippen LogP contribution in [0.1, 0.15) is 15.5 Å². The van der Waals surface area contributed by atoms with Gasteiger partial charge in [0.2, 0.25) is 0 Å². The Bertz CT molecular complexity index is 1130. The average Bonchev–Trinajstić information content (AvgIpc) is 3.23. The van der Waals surface area contributed by atoms with Gasteiger partial charge in [-0.25, -0.2) is 14.6 Å². The van der Waals surface area contributed by atoms with Crippen LogP contribution >= 0.6 is 11.3 Å². The first kappa shape index (κ1) is 15.2. The second kappa shape index (κ2) is 5.95. The summed E-state index contributed by atoms with van der Waals surface area (Å²) in [5.41, 5.74) is 2.00. The molecule has 0 aliphatic rings. The van der Waals surface area contributed by atoms with Crippen molar-refractivity contribution in [3.63, 3.8) is 0 Å². The molecule has 3 aromatic heterocycles. The Kier molecular flexibility index (Phi) is 3.62. The van der Waals surface area contributed by atoms with Crippen LogP contribution in [-0.2, 0) is 0 Å². The number of benzene rings is 1. The van der Waals surface area contributed by atoms with Crippen molar-refractivity contribution >= 4 is 34.0 Å². The maximum atomic E-state index is 12.1. The van der Waals surface area contributed by atoms with E-state index in [1.54, 1.807) is 34.3 Å². The Hall–Kier alpha value is -3.33. The highest BCUT2D eigenvalue weighted by Crippen LogP contribution is 2.17. The van der Waals surface area contributed by atoms with Gasteiger partial charge in [-0.3, -0.25) is 9.59 Å². The van der Waals surface area contributed by atoms with Gasteiger partial charge in [0.25, 0.3) is 11.5 Å². The number of anilines is 1. The van der Waals surface area contributed by atoms with Crippen LogP contribution in [-0.4, -0.2) is 30.6 Å². The highest BCUT2D eigenvalue weighted by atomic mass is 32.1. The molecule has 0 bridgehead atoms. The molecule has 0 aliphatic carbocycles. The minimum absolute atomic E-state index is 0.237. The van der Waals surface area contributed by atoms with Gasteiger partial charge in [-0.05, 0) is 31.2 Å². The van der Waals surface area contributed by atoms with Crippen LogP contribution in [0.4, 0.5) is 5.69 Å². The molecular formula is C16H12N6O2S. The van der Waals surface area contributed by atoms with Crippen molar-refractivity contribution in [2.24, 2.45) is 0 Å². The first-order valence-corrected chi connectivity index (χ1v) is 8.25. The molecule has 1 amide bonds. The normalized spacial score (nSPS) is 10.9. The predicted octanol–water partition coefficient (Wildman–Crippen LogP) is 2.13. The minimum Gasteiger partial charge on any atom is -0.321 e. The fraction of sp³-hybridized carbons (Fsp3) is 0.0625. The van der Waals surface area contributed by atoms with E-state index in [4.69, 9.17) is 0 Å². The Morgan fingerprint density at radius 3 is 2.80 bits per heavy atom. The number of nitrogens with one attached hydrogen (secondary N) is 2. The van der Waals surface area contributed by atoms with Gasteiger partial charge in [0.1, 0.15) is 11.1 Å². The summed E-state index contributed by atoms with van der Waals surface area (Å²) in [5, 5.41) is 9.98. The third-order valence-corrected chi connectivity index (χ3v) is 4.37. The van der Waals surface area contributed by atoms with Gasteiger partial charge in [-0.1, -0.05) is 0 Å². The van der Waals surface area contributed by atoms with Crippen molar-refractivity contribution in [2.45, 2.75) is 6.92 Å². The number of nitrogens with zero attached hydrogens (tertiary/aromatic N) is 4. The van der Waals surface area contributed by atoms with E-state index in [2.05, 4.69) is 25.4 Å². The van der Waals surface area contributed by atoms with Crippen molar-refractivity contribution in [2.75, 3.05) is 5.32 Å². The molecule has 4 aromatic rings. The molecule has 0 saturated heterocycles. The van der Waals surface area contributed by atoms with Crippen LogP contribution in [0.3, 0.4) is 0 Å². The fourth-order valence-corrected chi connectivity index (χ4v) is 2.99. The molecule has 8 nitrogen and oxygen atoms in total. The summed E-state index contributed by atoms with van der Waals surface area (Å²) in [6.45, 7) is 1.85. The molecule has 0 unspecified atom stereocenters. The van der Waals surface area contributed by atoms with Crippen molar-refractivity contribution in [1.29, 1.82) is 0 Å². The topological polar surface area (TPSA) is 106 Å². The lowest BCUT2D eigenvalue weighted by atomic mass is 10.2. The number of aromatic nitrogens is 5. The third-order valence-electron chi connectivity index (χ3n) is 3.59. The maximum Gasteiger partial charge on any atom is 0.275 e. The number of hydrogen-bond donors (Lipinski definition) is 2. The standard InChI is InChI=1S/C16H12N6O2S/c1-9-20-13(7-25-9)16(24)21-10-2-4-11(5-3-10)22-14-12(6-19-22)15(23)18-8-17-14/h2-8H,1H3,(H,21,24)(H,17,18,23). The van der Waals surface area contributed by atoms with Gasteiger partial charge >= 0.3 is 0 Å². The summed E-state index contributed by atoms with van der Waals surface area (Å²) in [6.07, 6.45) is 2.81. The zero-order valence-electron chi connectivity index (χ0n) is 13.1. The summed E-state index contributed by atoms with van der Waals surface area (Å²) < 4.78 is 1.57. The molecule has 9 heteroatoms. The number of carbonyl (C=O) groups is 1. The summed E-state index contributed by atoms with van der Waals surface area (Å²) >= 11 is 1.43. The van der Waals surface area contributed by atoms with Gasteiger partial charge in [-0.2, -0.15) is 5.10 Å². The van der Waals surface area contributed by atoms with E-state index >= 15 is 0 Å². The Labute approximate surface area is 145 Å². The Morgan fingerprint density at radius 1 is 1.28 bits per heavy atom. The number of rotatable bonds is 3. The molecule has 4 rings (SSSR count). The van der Waals surface area contributed by atoms with E-state index < -0.39 is 0 Å². The Balaban J connectivity index is 1.60. The van der Waals surface area contributed by atoms with Crippen LogP contribution in [0, 0.1) is 6.92 Å². The highest BCUT2D eigenvalue weighted by molar-refractivity contribution is 7.09. The van der Waals surface area contributed by atoms with E-state index in [0.29, 0.717) is 22.4 Å². The lowest BCUT2D eigenvalue weighted by Gasteiger charge is -2.06. The van der Waals surface area contributed by atoms with Crippen LogP contribution in [0.2, 0.25) is 0 Å². The average molecular weight is 352 g/mol. The second-order valence-electron chi connectivity index (χ2n) is 5.28. The van der Waals surface area contributed by atoms with E-state index in [-0.39, 0.29) is 11.5 Å². The molecule has 2 N–H and O–H groups in total. The number of amides is 1. The number of H-pyrrole nitrogens is 1. The molecule has 25 heavy (non-hydrogen) atoms. The van der Waals surface area contributed by atoms with Gasteiger partial charge < -0.3 is 10.3 Å². The van der Waals surface area contributed by atoms with E-state index in [1.807, 2.05) is 6.92 Å². The largest absolute Gasteiger partial charge is 0.321 e. The molecule has 0 fully saturated rings. The van der Waals surface area contributed by atoms with Crippen LogP contribution < -0.4 is 10.9 Å². The van der Waals surface area contributed by atoms with Crippen LogP contribution in [0.5, 0.6) is 0 Å². The molecule has 0 atom stereocenters. The van der Waals surface area contributed by atoms with Gasteiger partial charge in [0.15, 0.2) is 5.65 Å². The van der Waals surface area contributed by atoms with Crippen molar-refractivity contribution in [1.82, 2.24) is 24.7 Å². The minimum atomic E-state index is -0.255. The molecule has 0 spiro atoms. The summed E-state index contributed by atoms with van der Waals surface area (Å²) in [7, 11) is 0. The SMILES string of the molecule is Cc1nc(C(=O)Nc2ccc(-n3ncc4c(=O)[nH]cnc43)cc2)cs1. The quantitative estimate of drug-likeness (QED) is 0.587. The fourth-order valence-electron chi connectivity index (χ4n) is 2.39. The zero-order valence-corrected chi connectivity index (χ0v) is 13.9. The second-order valence-corrected chi connectivity index (χ2v) is 6.34. The first-order chi connectivity index (χ1) is 12.1. The third kappa shape index (κ3) is 2.81. The van der Waals surface area contributed by atoms with E-state index in [1.165, 1.54) is 23.9 Å². The lowest BCUT2D eigenvalue weighted by Crippen LogP contribution is -2.12. The first-order valence-electron chi connectivity index (χ1n) is 7.37. The number of carbonyl (C=O) groups excluding carboxylic acids is 1. The predicted molar refractivity (Wildman–Crippen MR) is 94.3 cm³/mol. The number of thiazole rings is 1. The van der Waals surface area contributed by atoms with Gasteiger partial charge in [0, 0.05) is 11.1 Å². The number of fused-ring (bicyclic) bond motifs is 1. The molecular weight excluding hydrogens is 340 g/mol. The van der Waals surface area contributed by atoms with E-state index in [9.17, 15) is 9.59 Å². The van der Waals surface area contributed by atoms with Crippen molar-refractivity contribution in [3.05, 3.63) is 63.2 Å². The number of aryl methyl sites for hydroxylation is 1. The van der Waals surface area contributed by atoms with Gasteiger partial charge in [0.05, 0.1) is 23.2 Å². The lowest BCUT2D eigenvalue weighted by molar-refractivity contribution is 0.102. The smallest absolute Gasteiger partial charge is 0.275 e. The van der Waals surface area contributed by atoms with Gasteiger partial charge in [-0.15, -0.1) is 11.3 Å². The molecule has 1 aromatic carbocycles. The zero-order chi connectivity index (χ0) is 17.4. The van der Waals surface area contributed by atoms with E-state index in [0.717, 1.165) is 10.7 Å². The van der Waals surface area contributed by atoms with Crippen molar-refractivity contribution in [3.8, 4) is 5.69 Å². The molecule has 0 aliphatic heterocycles. The number of hydrogen-bond acceptors (Lipinski definition) is 6. The molecule has 0 radical (unpaired) electrons. The highest BCUT2D eigenvalue weighted by Gasteiger charge is 2.11. The number of aromatic amines is 1. The molecule has 3 heterocycles. The Morgan fingerprint density at radius 2 is 2.08 bits per heavy atom. The summed E-state index contributed by atoms with van der Waals surface area (Å²) in [6, 6.07) is 7.09. The van der Waals surface area contributed by atoms with Crippen molar-refractivity contribution < 1.29 is 4.79 Å². The maximum absolute atomic E-state index is 12.1. The molecule has 124 valence electrons. The summed E-state index contributed by atoms with van der Waals surface area (Å²) in [5.74, 6) is -0.255. The monoisotopic (exact) mass is 352 g/mol. The van der Waals surface area contributed by atoms with Crippen LogP contribution in [0.25, 0.3) is 16.7 Å².